The van der Waals surface area contributed by atoms with Gasteiger partial charge in [0.25, 0.3) is 5.91 Å². The highest BCUT2D eigenvalue weighted by Crippen LogP contribution is 2.24. The molecule has 2 N–H and O–H groups in total. The number of nitrogens with one attached hydrogen (secondary N) is 2. The summed E-state index contributed by atoms with van der Waals surface area (Å²) < 4.78 is 0. The van der Waals surface area contributed by atoms with E-state index in [0.717, 1.165) is 22.4 Å². The van der Waals surface area contributed by atoms with Gasteiger partial charge >= 0.3 is 0 Å². The van der Waals surface area contributed by atoms with Crippen LogP contribution in [-0.2, 0) is 6.54 Å². The Morgan fingerprint density at radius 2 is 1.58 bits per heavy atom. The zero-order valence-corrected chi connectivity index (χ0v) is 15.2. The van der Waals surface area contributed by atoms with E-state index < -0.39 is 0 Å². The molecule has 1 aromatic heterocycles. The van der Waals surface area contributed by atoms with E-state index in [0.29, 0.717) is 18.1 Å². The number of hydrogen-bond donors (Lipinski definition) is 2. The minimum absolute atomic E-state index is 0.192. The van der Waals surface area contributed by atoms with Crippen molar-refractivity contribution in [1.82, 2.24) is 15.3 Å². The molecule has 3 aromatic rings. The smallest absolute Gasteiger partial charge is 0.254 e. The van der Waals surface area contributed by atoms with Crippen LogP contribution in [0.4, 0.5) is 11.6 Å². The van der Waals surface area contributed by atoms with Crippen molar-refractivity contribution in [3.63, 3.8) is 0 Å². The summed E-state index contributed by atoms with van der Waals surface area (Å²) in [7, 11) is 0. The summed E-state index contributed by atoms with van der Waals surface area (Å²) in [6.45, 7) is 6.64. The summed E-state index contributed by atoms with van der Waals surface area (Å²) in [5.74, 6) is 0.280. The number of amides is 1. The molecule has 0 atom stereocenters. The number of anilines is 2. The van der Waals surface area contributed by atoms with Crippen molar-refractivity contribution in [2.75, 3.05) is 5.32 Å². The first kappa shape index (κ1) is 17.6. The molecule has 132 valence electrons. The van der Waals surface area contributed by atoms with Crippen LogP contribution in [-0.4, -0.2) is 15.9 Å². The van der Waals surface area contributed by atoms with Crippen LogP contribution in [0.3, 0.4) is 0 Å². The van der Waals surface area contributed by atoms with Gasteiger partial charge in [0.1, 0.15) is 0 Å². The number of hydrogen-bond acceptors (Lipinski definition) is 4. The first-order chi connectivity index (χ1) is 12.5. The maximum absolute atomic E-state index is 12.2. The lowest BCUT2D eigenvalue weighted by molar-refractivity contribution is 0.0950. The molecule has 5 heteroatoms. The van der Waals surface area contributed by atoms with Gasteiger partial charge in [0.05, 0.1) is 5.56 Å². The topological polar surface area (TPSA) is 66.9 Å². The molecule has 0 saturated carbocycles. The van der Waals surface area contributed by atoms with Crippen molar-refractivity contribution in [1.29, 1.82) is 0 Å². The van der Waals surface area contributed by atoms with Gasteiger partial charge in [0.2, 0.25) is 5.95 Å². The van der Waals surface area contributed by atoms with E-state index in [4.69, 9.17) is 0 Å². The molecule has 0 unspecified atom stereocenters. The molecule has 2 aromatic carbocycles. The number of aromatic nitrogens is 2. The highest BCUT2D eigenvalue weighted by molar-refractivity contribution is 5.93. The lowest BCUT2D eigenvalue weighted by Gasteiger charge is -2.12. The van der Waals surface area contributed by atoms with E-state index in [1.54, 1.807) is 0 Å². The van der Waals surface area contributed by atoms with Crippen molar-refractivity contribution in [3.05, 3.63) is 82.7 Å². The number of aryl methyl sites for hydroxylation is 3. The minimum Gasteiger partial charge on any atom is -0.348 e. The molecule has 0 aliphatic carbocycles. The highest BCUT2D eigenvalue weighted by Gasteiger charge is 2.09. The fourth-order valence-corrected chi connectivity index (χ4v) is 2.88. The summed E-state index contributed by atoms with van der Waals surface area (Å²) in [6, 6.07) is 14.0. The largest absolute Gasteiger partial charge is 0.348 e. The Labute approximate surface area is 153 Å². The molecule has 0 fully saturated rings. The lowest BCUT2D eigenvalue weighted by atomic mass is 10.1. The maximum atomic E-state index is 12.2. The van der Waals surface area contributed by atoms with Gasteiger partial charge in [-0.05, 0) is 37.5 Å². The van der Waals surface area contributed by atoms with Crippen molar-refractivity contribution in [2.24, 2.45) is 0 Å². The second-order valence-electron chi connectivity index (χ2n) is 6.36. The molecule has 0 saturated heterocycles. The number of rotatable bonds is 5. The highest BCUT2D eigenvalue weighted by atomic mass is 16.1. The van der Waals surface area contributed by atoms with E-state index in [-0.39, 0.29) is 5.91 Å². The van der Waals surface area contributed by atoms with E-state index in [1.807, 2.05) is 44.2 Å². The SMILES string of the molecule is Cc1cc(C)c(Nc2ncc(C(=O)NCc3ccccc3)cn2)c(C)c1. The Bertz CT molecular complexity index is 882. The Kier molecular flexibility index (Phi) is 5.27. The van der Waals surface area contributed by atoms with E-state index >= 15 is 0 Å². The standard InChI is InChI=1S/C21H22N4O/c1-14-9-15(2)19(16(3)10-14)25-21-23-12-18(13-24-21)20(26)22-11-17-7-5-4-6-8-17/h4-10,12-13H,11H2,1-3H3,(H,22,26)(H,23,24,25). The molecule has 0 spiro atoms. The average Bonchev–Trinajstić information content (AvgIpc) is 2.64. The molecule has 0 radical (unpaired) electrons. The molecule has 26 heavy (non-hydrogen) atoms. The minimum atomic E-state index is -0.192. The van der Waals surface area contributed by atoms with Crippen LogP contribution in [0.1, 0.15) is 32.6 Å². The summed E-state index contributed by atoms with van der Waals surface area (Å²) in [6.07, 6.45) is 3.07. The van der Waals surface area contributed by atoms with Gasteiger partial charge in [-0.1, -0.05) is 48.0 Å². The summed E-state index contributed by atoms with van der Waals surface area (Å²) in [5.41, 5.74) is 5.97. The Hall–Kier alpha value is -3.21. The summed E-state index contributed by atoms with van der Waals surface area (Å²) in [4.78, 5) is 20.8. The Morgan fingerprint density at radius 3 is 2.19 bits per heavy atom. The summed E-state index contributed by atoms with van der Waals surface area (Å²) in [5, 5.41) is 6.11. The van der Waals surface area contributed by atoms with E-state index in [9.17, 15) is 4.79 Å². The molecule has 0 bridgehead atoms. The van der Waals surface area contributed by atoms with Crippen molar-refractivity contribution in [3.8, 4) is 0 Å². The zero-order chi connectivity index (χ0) is 18.5. The normalized spacial score (nSPS) is 10.4. The second kappa shape index (κ2) is 7.78. The molecule has 0 aliphatic rings. The van der Waals surface area contributed by atoms with Gasteiger partial charge in [-0.15, -0.1) is 0 Å². The van der Waals surface area contributed by atoms with E-state index in [2.05, 4.69) is 39.7 Å². The van der Waals surface area contributed by atoms with Gasteiger partial charge in [-0.25, -0.2) is 9.97 Å². The van der Waals surface area contributed by atoms with Crippen LogP contribution in [0.15, 0.2) is 54.9 Å². The first-order valence-corrected chi connectivity index (χ1v) is 8.52. The van der Waals surface area contributed by atoms with Crippen LogP contribution in [0.5, 0.6) is 0 Å². The predicted octanol–water partition coefficient (Wildman–Crippen LogP) is 4.08. The van der Waals surface area contributed by atoms with Gasteiger partial charge in [0, 0.05) is 24.6 Å². The molecular weight excluding hydrogens is 324 g/mol. The number of benzene rings is 2. The zero-order valence-electron chi connectivity index (χ0n) is 15.2. The third-order valence-corrected chi connectivity index (χ3v) is 4.12. The Balaban J connectivity index is 1.66. The number of nitrogens with zero attached hydrogens (tertiary/aromatic N) is 2. The predicted molar refractivity (Wildman–Crippen MR) is 104 cm³/mol. The fourth-order valence-electron chi connectivity index (χ4n) is 2.88. The van der Waals surface area contributed by atoms with Crippen molar-refractivity contribution >= 4 is 17.5 Å². The molecule has 1 heterocycles. The lowest BCUT2D eigenvalue weighted by Crippen LogP contribution is -2.23. The van der Waals surface area contributed by atoms with Crippen LogP contribution in [0.25, 0.3) is 0 Å². The van der Waals surface area contributed by atoms with Crippen molar-refractivity contribution < 1.29 is 4.79 Å². The van der Waals surface area contributed by atoms with Gasteiger partial charge in [0.15, 0.2) is 0 Å². The van der Waals surface area contributed by atoms with Crippen molar-refractivity contribution in [2.45, 2.75) is 27.3 Å². The van der Waals surface area contributed by atoms with Crippen LogP contribution in [0.2, 0.25) is 0 Å². The summed E-state index contributed by atoms with van der Waals surface area (Å²) >= 11 is 0. The molecular formula is C21H22N4O. The molecule has 3 rings (SSSR count). The second-order valence-corrected chi connectivity index (χ2v) is 6.36. The van der Waals surface area contributed by atoms with Crippen LogP contribution >= 0.6 is 0 Å². The fraction of sp³-hybridized carbons (Fsp3) is 0.190. The van der Waals surface area contributed by atoms with Gasteiger partial charge in [-0.2, -0.15) is 0 Å². The average molecular weight is 346 g/mol. The monoisotopic (exact) mass is 346 g/mol. The first-order valence-electron chi connectivity index (χ1n) is 8.52. The van der Waals surface area contributed by atoms with Gasteiger partial charge in [-0.3, -0.25) is 4.79 Å². The third-order valence-electron chi connectivity index (χ3n) is 4.12. The molecule has 5 nitrogen and oxygen atoms in total. The maximum Gasteiger partial charge on any atom is 0.254 e. The quantitative estimate of drug-likeness (QED) is 0.731. The van der Waals surface area contributed by atoms with Gasteiger partial charge < -0.3 is 10.6 Å². The molecule has 1 amide bonds. The number of carbonyl (C=O) groups excluding carboxylic acids is 1. The number of carbonyl (C=O) groups is 1. The Morgan fingerprint density at radius 1 is 0.962 bits per heavy atom. The van der Waals surface area contributed by atoms with E-state index in [1.165, 1.54) is 18.0 Å². The molecule has 0 aliphatic heterocycles. The third kappa shape index (κ3) is 4.25. The van der Waals surface area contributed by atoms with Crippen LogP contribution in [0, 0.1) is 20.8 Å². The van der Waals surface area contributed by atoms with Crippen LogP contribution < -0.4 is 10.6 Å².